The van der Waals surface area contributed by atoms with Crippen molar-refractivity contribution in [1.82, 2.24) is 19.7 Å². The van der Waals surface area contributed by atoms with E-state index in [0.717, 1.165) is 35.0 Å². The Labute approximate surface area is 108 Å². The Morgan fingerprint density at radius 1 is 1.35 bits per heavy atom. The molecule has 1 aliphatic rings. The molecule has 3 heterocycles. The molecule has 0 amide bonds. The predicted octanol–water partition coefficient (Wildman–Crippen LogP) is 2.17. The number of aryl methyl sites for hydroxylation is 1. The van der Waals surface area contributed by atoms with E-state index in [-0.39, 0.29) is 0 Å². The molecule has 0 bridgehead atoms. The molecule has 1 saturated heterocycles. The Kier molecular flexibility index (Phi) is 2.66. The van der Waals surface area contributed by atoms with Gasteiger partial charge in [0.1, 0.15) is 0 Å². The van der Waals surface area contributed by atoms with E-state index in [4.69, 9.17) is 0 Å². The van der Waals surface area contributed by atoms with Crippen molar-refractivity contribution in [3.8, 4) is 11.5 Å². The highest BCUT2D eigenvalue weighted by Gasteiger charge is 2.17. The summed E-state index contributed by atoms with van der Waals surface area (Å²) in [4.78, 5) is 6.77. The quantitative estimate of drug-likeness (QED) is 0.924. The van der Waals surface area contributed by atoms with Crippen molar-refractivity contribution in [2.24, 2.45) is 7.05 Å². The summed E-state index contributed by atoms with van der Waals surface area (Å²) in [6, 6.07) is 2.04. The molecule has 3 rings (SSSR count). The van der Waals surface area contributed by atoms with Crippen LogP contribution in [0.3, 0.4) is 0 Å². The number of aromatic amines is 1. The number of anilines is 1. The van der Waals surface area contributed by atoms with Gasteiger partial charge in [-0.3, -0.25) is 5.10 Å². The molecule has 0 radical (unpaired) electrons. The lowest BCUT2D eigenvalue weighted by Crippen LogP contribution is -2.18. The number of aromatic nitrogens is 4. The third-order valence-corrected chi connectivity index (χ3v) is 3.51. The Balaban J connectivity index is 1.91. The Hall–Kier alpha value is -1.30. The van der Waals surface area contributed by atoms with Gasteiger partial charge in [0.2, 0.25) is 5.95 Å². The van der Waals surface area contributed by atoms with E-state index in [9.17, 15) is 0 Å². The lowest BCUT2D eigenvalue weighted by Gasteiger charge is -2.10. The van der Waals surface area contributed by atoms with E-state index in [0.29, 0.717) is 0 Å². The molecule has 0 aromatic carbocycles. The second kappa shape index (κ2) is 4.18. The summed E-state index contributed by atoms with van der Waals surface area (Å²) in [6.07, 6.45) is 4.48. The molecule has 2 aromatic rings. The highest BCUT2D eigenvalue weighted by Crippen LogP contribution is 2.23. The van der Waals surface area contributed by atoms with Crippen LogP contribution in [-0.2, 0) is 7.05 Å². The number of nitrogens with one attached hydrogen (secondary N) is 1. The minimum absolute atomic E-state index is 0.815. The molecule has 0 spiro atoms. The maximum Gasteiger partial charge on any atom is 0.245 e. The van der Waals surface area contributed by atoms with Gasteiger partial charge in [0, 0.05) is 30.8 Å². The van der Waals surface area contributed by atoms with E-state index in [1.165, 1.54) is 12.8 Å². The fourth-order valence-electron chi connectivity index (χ4n) is 2.19. The maximum atomic E-state index is 4.55. The highest BCUT2D eigenvalue weighted by molar-refractivity contribution is 9.10. The molecule has 17 heavy (non-hydrogen) atoms. The van der Waals surface area contributed by atoms with Crippen LogP contribution in [0.2, 0.25) is 0 Å². The van der Waals surface area contributed by atoms with Gasteiger partial charge in [0.25, 0.3) is 0 Å². The second-order valence-corrected chi connectivity index (χ2v) is 5.25. The molecule has 5 nitrogen and oxygen atoms in total. The first kappa shape index (κ1) is 10.8. The summed E-state index contributed by atoms with van der Waals surface area (Å²) in [5, 5.41) is 7.29. The maximum absolute atomic E-state index is 4.55. The summed E-state index contributed by atoms with van der Waals surface area (Å²) >= 11 is 3.46. The minimum Gasteiger partial charge on any atom is -0.347 e. The van der Waals surface area contributed by atoms with Gasteiger partial charge < -0.3 is 9.47 Å². The third kappa shape index (κ3) is 1.97. The van der Waals surface area contributed by atoms with Crippen molar-refractivity contribution in [2.45, 2.75) is 12.8 Å². The monoisotopic (exact) mass is 295 g/mol. The molecule has 1 fully saturated rings. The Morgan fingerprint density at radius 2 is 2.12 bits per heavy atom. The van der Waals surface area contributed by atoms with E-state index in [1.807, 2.05) is 23.9 Å². The molecular weight excluding hydrogens is 282 g/mol. The first-order valence-electron chi connectivity index (χ1n) is 5.73. The first-order valence-corrected chi connectivity index (χ1v) is 6.53. The molecule has 1 aliphatic heterocycles. The smallest absolute Gasteiger partial charge is 0.245 e. The van der Waals surface area contributed by atoms with Crippen LogP contribution in [0.1, 0.15) is 12.8 Å². The van der Waals surface area contributed by atoms with Crippen molar-refractivity contribution in [3.05, 3.63) is 16.7 Å². The minimum atomic E-state index is 0.815. The van der Waals surface area contributed by atoms with Crippen molar-refractivity contribution < 1.29 is 0 Å². The van der Waals surface area contributed by atoms with E-state index in [2.05, 4.69) is 36.0 Å². The van der Waals surface area contributed by atoms with Crippen LogP contribution in [0.5, 0.6) is 0 Å². The molecule has 0 aliphatic carbocycles. The number of rotatable bonds is 2. The lowest BCUT2D eigenvalue weighted by molar-refractivity contribution is 0.903. The summed E-state index contributed by atoms with van der Waals surface area (Å²) < 4.78 is 3.08. The number of hydrogen-bond acceptors (Lipinski definition) is 3. The molecular formula is C11H14BrN5. The van der Waals surface area contributed by atoms with Crippen LogP contribution in [0.15, 0.2) is 16.7 Å². The van der Waals surface area contributed by atoms with Crippen molar-refractivity contribution in [2.75, 3.05) is 18.0 Å². The molecule has 0 saturated carbocycles. The van der Waals surface area contributed by atoms with Crippen molar-refractivity contribution >= 4 is 21.9 Å². The van der Waals surface area contributed by atoms with Gasteiger partial charge in [-0.15, -0.1) is 5.10 Å². The van der Waals surface area contributed by atoms with Gasteiger partial charge in [-0.05, 0) is 34.8 Å². The first-order chi connectivity index (χ1) is 8.24. The number of hydrogen-bond donors (Lipinski definition) is 1. The van der Waals surface area contributed by atoms with E-state index in [1.54, 1.807) is 0 Å². The fourth-order valence-corrected chi connectivity index (χ4v) is 2.71. The molecule has 1 N–H and O–H groups in total. The topological polar surface area (TPSA) is 49.7 Å². The summed E-state index contributed by atoms with van der Waals surface area (Å²) in [5.74, 6) is 1.63. The Morgan fingerprint density at radius 3 is 2.76 bits per heavy atom. The van der Waals surface area contributed by atoms with Crippen LogP contribution in [0.25, 0.3) is 11.5 Å². The third-order valence-electron chi connectivity index (χ3n) is 3.08. The SMILES string of the molecule is Cn1cc(Br)cc1-c1nc(N2CCCC2)n[nH]1. The van der Waals surface area contributed by atoms with Crippen LogP contribution in [0, 0.1) is 0 Å². The fraction of sp³-hybridized carbons (Fsp3) is 0.455. The lowest BCUT2D eigenvalue weighted by atomic mass is 10.4. The zero-order valence-corrected chi connectivity index (χ0v) is 11.2. The van der Waals surface area contributed by atoms with E-state index < -0.39 is 0 Å². The van der Waals surface area contributed by atoms with E-state index >= 15 is 0 Å². The van der Waals surface area contributed by atoms with Gasteiger partial charge >= 0.3 is 0 Å². The molecule has 90 valence electrons. The summed E-state index contributed by atoms with van der Waals surface area (Å²) in [5.41, 5.74) is 1.04. The van der Waals surface area contributed by atoms with Crippen molar-refractivity contribution in [3.63, 3.8) is 0 Å². The summed E-state index contributed by atoms with van der Waals surface area (Å²) in [7, 11) is 2.00. The largest absolute Gasteiger partial charge is 0.347 e. The van der Waals surface area contributed by atoms with Gasteiger partial charge in [-0.25, -0.2) is 0 Å². The number of nitrogens with zero attached hydrogens (tertiary/aromatic N) is 4. The predicted molar refractivity (Wildman–Crippen MR) is 69.9 cm³/mol. The zero-order chi connectivity index (χ0) is 11.8. The highest BCUT2D eigenvalue weighted by atomic mass is 79.9. The van der Waals surface area contributed by atoms with Gasteiger partial charge in [0.15, 0.2) is 5.82 Å². The van der Waals surface area contributed by atoms with Gasteiger partial charge in [-0.2, -0.15) is 4.98 Å². The average Bonchev–Trinajstić information content (AvgIpc) is 2.97. The van der Waals surface area contributed by atoms with Crippen LogP contribution in [-0.4, -0.2) is 32.8 Å². The van der Waals surface area contributed by atoms with Crippen LogP contribution in [0.4, 0.5) is 5.95 Å². The molecule has 0 atom stereocenters. The molecule has 2 aromatic heterocycles. The normalized spacial score (nSPS) is 15.8. The van der Waals surface area contributed by atoms with Crippen LogP contribution >= 0.6 is 15.9 Å². The summed E-state index contributed by atoms with van der Waals surface area (Å²) in [6.45, 7) is 2.13. The number of H-pyrrole nitrogens is 1. The zero-order valence-electron chi connectivity index (χ0n) is 9.65. The number of halogens is 1. The van der Waals surface area contributed by atoms with Crippen molar-refractivity contribution in [1.29, 1.82) is 0 Å². The molecule has 0 unspecified atom stereocenters. The Bertz CT molecular complexity index is 524. The standard InChI is InChI=1S/C11H14BrN5/c1-16-7-8(12)6-9(16)10-13-11(15-14-10)17-4-2-3-5-17/h6-7H,2-5H2,1H3,(H,13,14,15). The average molecular weight is 296 g/mol. The van der Waals surface area contributed by atoms with Gasteiger partial charge in [-0.1, -0.05) is 0 Å². The van der Waals surface area contributed by atoms with Crippen LogP contribution < -0.4 is 4.90 Å². The molecule has 6 heteroatoms. The second-order valence-electron chi connectivity index (χ2n) is 4.33. The van der Waals surface area contributed by atoms with Gasteiger partial charge in [0.05, 0.1) is 5.69 Å².